The Hall–Kier alpha value is -2.45. The Kier molecular flexibility index (Phi) is 4.97. The van der Waals surface area contributed by atoms with Gasteiger partial charge in [-0.25, -0.2) is 9.97 Å². The Morgan fingerprint density at radius 1 is 1.07 bits per heavy atom. The fraction of sp³-hybridized carbons (Fsp3) is 0.333. The van der Waals surface area contributed by atoms with Crippen LogP contribution in [-0.4, -0.2) is 24.7 Å². The summed E-state index contributed by atoms with van der Waals surface area (Å²) >= 11 is 3.38. The topological polar surface area (TPSA) is 82.5 Å². The van der Waals surface area contributed by atoms with E-state index < -0.39 is 0 Å². The van der Waals surface area contributed by atoms with E-state index in [1.807, 2.05) is 41.9 Å². The molecule has 0 fully saturated rings. The van der Waals surface area contributed by atoms with Gasteiger partial charge >= 0.3 is 0 Å². The average molecular weight is 423 g/mol. The van der Waals surface area contributed by atoms with Crippen LogP contribution in [0, 0.1) is 0 Å². The van der Waals surface area contributed by atoms with E-state index in [1.54, 1.807) is 23.1 Å². The lowest BCUT2D eigenvalue weighted by molar-refractivity contribution is 0.713. The second-order valence-electron chi connectivity index (χ2n) is 7.29. The zero-order chi connectivity index (χ0) is 19.8. The Morgan fingerprint density at radius 2 is 1.90 bits per heavy atom. The van der Waals surface area contributed by atoms with Gasteiger partial charge in [0, 0.05) is 17.5 Å². The maximum atomic E-state index is 6.37. The molecule has 5 rings (SSSR count). The van der Waals surface area contributed by atoms with Crippen LogP contribution in [0.1, 0.15) is 35.5 Å². The monoisotopic (exact) mass is 422 g/mol. The molecule has 0 bridgehead atoms. The SMILES string of the molecule is Cn1c(SCc2nc(N)c3c4c(sc3n2)CCCCC4)nnc1-c1ccccc1. The van der Waals surface area contributed by atoms with Crippen LogP contribution in [0.3, 0.4) is 0 Å². The lowest BCUT2D eigenvalue weighted by atomic mass is 10.1. The smallest absolute Gasteiger partial charge is 0.191 e. The highest BCUT2D eigenvalue weighted by Gasteiger charge is 2.20. The molecule has 0 spiro atoms. The zero-order valence-corrected chi connectivity index (χ0v) is 17.9. The molecule has 29 heavy (non-hydrogen) atoms. The number of hydrogen-bond acceptors (Lipinski definition) is 7. The third kappa shape index (κ3) is 3.51. The number of anilines is 1. The Morgan fingerprint density at radius 3 is 2.76 bits per heavy atom. The number of rotatable bonds is 4. The lowest BCUT2D eigenvalue weighted by Crippen LogP contribution is -2.01. The number of thioether (sulfide) groups is 1. The second kappa shape index (κ2) is 7.76. The molecule has 2 N–H and O–H groups in total. The molecule has 0 aliphatic heterocycles. The molecule has 6 nitrogen and oxygen atoms in total. The number of thiophene rings is 1. The van der Waals surface area contributed by atoms with Crippen molar-refractivity contribution >= 4 is 39.1 Å². The standard InChI is InChI=1S/C21H22N6S2/c1-27-19(13-8-4-2-5-9-13)25-26-21(27)28-12-16-23-18(22)17-14-10-6-3-7-11-15(14)29-20(17)24-16/h2,4-5,8-9H,3,6-7,10-12H2,1H3,(H2,22,23,24). The van der Waals surface area contributed by atoms with Crippen LogP contribution in [0.25, 0.3) is 21.6 Å². The molecule has 0 atom stereocenters. The molecule has 3 heterocycles. The van der Waals surface area contributed by atoms with E-state index in [2.05, 4.69) is 15.2 Å². The quantitative estimate of drug-likeness (QED) is 0.381. The van der Waals surface area contributed by atoms with Gasteiger partial charge in [0.15, 0.2) is 11.0 Å². The number of aromatic nitrogens is 5. The fourth-order valence-electron chi connectivity index (χ4n) is 3.88. The fourth-order valence-corrected chi connectivity index (χ4v) is 5.94. The van der Waals surface area contributed by atoms with E-state index in [1.165, 1.54) is 29.7 Å². The maximum Gasteiger partial charge on any atom is 0.191 e. The molecule has 0 saturated carbocycles. The lowest BCUT2D eigenvalue weighted by Gasteiger charge is -2.05. The Bertz CT molecular complexity index is 1170. The van der Waals surface area contributed by atoms with E-state index in [0.717, 1.165) is 45.4 Å². The van der Waals surface area contributed by atoms with Crippen LogP contribution in [0.2, 0.25) is 0 Å². The zero-order valence-electron chi connectivity index (χ0n) is 16.3. The van der Waals surface area contributed by atoms with E-state index >= 15 is 0 Å². The van der Waals surface area contributed by atoms with E-state index in [-0.39, 0.29) is 0 Å². The van der Waals surface area contributed by atoms with Gasteiger partial charge in [0.05, 0.1) is 11.1 Å². The van der Waals surface area contributed by atoms with Gasteiger partial charge in [0.1, 0.15) is 16.5 Å². The van der Waals surface area contributed by atoms with Gasteiger partial charge in [0.2, 0.25) is 0 Å². The molecule has 148 valence electrons. The summed E-state index contributed by atoms with van der Waals surface area (Å²) in [7, 11) is 1.99. The number of benzene rings is 1. The van der Waals surface area contributed by atoms with Crippen molar-refractivity contribution in [3.8, 4) is 11.4 Å². The highest BCUT2D eigenvalue weighted by Crippen LogP contribution is 2.37. The first-order chi connectivity index (χ1) is 14.2. The summed E-state index contributed by atoms with van der Waals surface area (Å²) in [6, 6.07) is 10.1. The van der Waals surface area contributed by atoms with Crippen molar-refractivity contribution in [2.75, 3.05) is 5.73 Å². The summed E-state index contributed by atoms with van der Waals surface area (Å²) in [5.41, 5.74) is 8.81. The van der Waals surface area contributed by atoms with Crippen molar-refractivity contribution in [3.05, 3.63) is 46.6 Å². The molecular weight excluding hydrogens is 400 g/mol. The average Bonchev–Trinajstić information content (AvgIpc) is 3.19. The summed E-state index contributed by atoms with van der Waals surface area (Å²) in [6.45, 7) is 0. The Labute approximate surface area is 177 Å². The maximum absolute atomic E-state index is 6.37. The van der Waals surface area contributed by atoms with Gasteiger partial charge < -0.3 is 10.3 Å². The minimum atomic E-state index is 0.615. The van der Waals surface area contributed by atoms with Gasteiger partial charge in [-0.15, -0.1) is 21.5 Å². The highest BCUT2D eigenvalue weighted by molar-refractivity contribution is 7.98. The predicted octanol–water partition coefficient (Wildman–Crippen LogP) is 4.63. The first-order valence-corrected chi connectivity index (χ1v) is 11.6. The first-order valence-electron chi connectivity index (χ1n) is 9.85. The van der Waals surface area contributed by atoms with Crippen molar-refractivity contribution in [1.29, 1.82) is 0 Å². The van der Waals surface area contributed by atoms with E-state index in [0.29, 0.717) is 11.6 Å². The van der Waals surface area contributed by atoms with Crippen molar-refractivity contribution in [3.63, 3.8) is 0 Å². The summed E-state index contributed by atoms with van der Waals surface area (Å²) in [5.74, 6) is 2.84. The molecule has 1 aromatic carbocycles. The van der Waals surface area contributed by atoms with Crippen molar-refractivity contribution in [2.24, 2.45) is 7.05 Å². The second-order valence-corrected chi connectivity index (χ2v) is 9.32. The highest BCUT2D eigenvalue weighted by atomic mass is 32.2. The molecule has 0 radical (unpaired) electrons. The number of hydrogen-bond donors (Lipinski definition) is 1. The van der Waals surface area contributed by atoms with Gasteiger partial charge in [-0.3, -0.25) is 0 Å². The molecule has 4 aromatic rings. The first kappa shape index (κ1) is 18.6. The van der Waals surface area contributed by atoms with E-state index in [9.17, 15) is 0 Å². The molecule has 8 heteroatoms. The third-order valence-electron chi connectivity index (χ3n) is 5.34. The number of fused-ring (bicyclic) bond motifs is 3. The number of nitrogens with zero attached hydrogens (tertiary/aromatic N) is 5. The Balaban J connectivity index is 1.40. The van der Waals surface area contributed by atoms with Crippen LogP contribution in [0.15, 0.2) is 35.5 Å². The summed E-state index contributed by atoms with van der Waals surface area (Å²) in [5, 5.41) is 10.6. The molecule has 3 aromatic heterocycles. The number of nitrogens with two attached hydrogens (primary N) is 1. The van der Waals surface area contributed by atoms with Crippen LogP contribution in [-0.2, 0) is 25.6 Å². The van der Waals surface area contributed by atoms with Gasteiger partial charge in [-0.05, 0) is 31.2 Å². The summed E-state index contributed by atoms with van der Waals surface area (Å²) in [4.78, 5) is 11.9. The van der Waals surface area contributed by atoms with Gasteiger partial charge in [-0.1, -0.05) is 48.5 Å². The molecule has 0 unspecified atom stereocenters. The molecule has 0 saturated heterocycles. The van der Waals surface area contributed by atoms with Gasteiger partial charge in [0.25, 0.3) is 0 Å². The van der Waals surface area contributed by atoms with Crippen LogP contribution < -0.4 is 5.73 Å². The molecule has 1 aliphatic rings. The minimum absolute atomic E-state index is 0.615. The minimum Gasteiger partial charge on any atom is -0.383 e. The normalized spacial score (nSPS) is 14.1. The molecule has 1 aliphatic carbocycles. The van der Waals surface area contributed by atoms with Gasteiger partial charge in [-0.2, -0.15) is 0 Å². The van der Waals surface area contributed by atoms with Crippen molar-refractivity contribution in [1.82, 2.24) is 24.7 Å². The third-order valence-corrected chi connectivity index (χ3v) is 7.54. The largest absolute Gasteiger partial charge is 0.383 e. The molecule has 0 amide bonds. The van der Waals surface area contributed by atoms with Crippen molar-refractivity contribution < 1.29 is 0 Å². The van der Waals surface area contributed by atoms with Crippen LogP contribution in [0.4, 0.5) is 5.82 Å². The molecular formula is C21H22N6S2. The van der Waals surface area contributed by atoms with Crippen molar-refractivity contribution in [2.45, 2.75) is 43.0 Å². The predicted molar refractivity (Wildman–Crippen MR) is 119 cm³/mol. The van der Waals surface area contributed by atoms with E-state index in [4.69, 9.17) is 10.7 Å². The summed E-state index contributed by atoms with van der Waals surface area (Å²) in [6.07, 6.45) is 6.01. The van der Waals surface area contributed by atoms with Crippen LogP contribution >= 0.6 is 23.1 Å². The number of aryl methyl sites for hydroxylation is 2. The number of nitrogen functional groups attached to an aromatic ring is 1. The summed E-state index contributed by atoms with van der Waals surface area (Å²) < 4.78 is 2.01. The van der Waals surface area contributed by atoms with Crippen LogP contribution in [0.5, 0.6) is 0 Å².